The molecule has 132 valence electrons. The number of rotatable bonds is 2. The molecule has 6 heteroatoms. The first kappa shape index (κ1) is 16.1. The first-order valence-electron chi connectivity index (χ1n) is 9.09. The van der Waals surface area contributed by atoms with Crippen molar-refractivity contribution < 1.29 is 4.79 Å². The highest BCUT2D eigenvalue weighted by atomic mass is 16.2. The maximum atomic E-state index is 12.8. The minimum absolute atomic E-state index is 0.000275. The predicted molar refractivity (Wildman–Crippen MR) is 95.3 cm³/mol. The molecule has 2 aromatic rings. The van der Waals surface area contributed by atoms with Gasteiger partial charge in [0.2, 0.25) is 0 Å². The van der Waals surface area contributed by atoms with Crippen LogP contribution in [0.5, 0.6) is 0 Å². The van der Waals surface area contributed by atoms with Crippen molar-refractivity contribution in [2.75, 3.05) is 6.54 Å². The Labute approximate surface area is 148 Å². The fourth-order valence-corrected chi connectivity index (χ4v) is 3.80. The number of urea groups is 1. The van der Waals surface area contributed by atoms with Crippen molar-refractivity contribution >= 4 is 6.03 Å². The van der Waals surface area contributed by atoms with E-state index in [2.05, 4.69) is 47.4 Å². The highest BCUT2D eigenvalue weighted by molar-refractivity contribution is 5.75. The lowest BCUT2D eigenvalue weighted by Gasteiger charge is -2.28. The SMILES string of the molecule is Cc1nc2n(n1)CCN(C(=O)N[C@@H]1CCc3ccc(C(C)C)cc31)C2. The zero-order valence-electron chi connectivity index (χ0n) is 15.1. The van der Waals surface area contributed by atoms with Crippen molar-refractivity contribution in [1.82, 2.24) is 25.0 Å². The third-order valence-electron chi connectivity index (χ3n) is 5.27. The van der Waals surface area contributed by atoms with E-state index < -0.39 is 0 Å². The fourth-order valence-electron chi connectivity index (χ4n) is 3.80. The van der Waals surface area contributed by atoms with Crippen LogP contribution in [0.15, 0.2) is 18.2 Å². The molecule has 0 fully saturated rings. The molecule has 0 unspecified atom stereocenters. The number of amides is 2. The van der Waals surface area contributed by atoms with Crippen LogP contribution in [0.2, 0.25) is 0 Å². The summed E-state index contributed by atoms with van der Waals surface area (Å²) in [5.41, 5.74) is 3.99. The number of nitrogens with one attached hydrogen (secondary N) is 1. The number of carbonyl (C=O) groups is 1. The Bertz CT molecular complexity index is 810. The Morgan fingerprint density at radius 3 is 2.96 bits per heavy atom. The van der Waals surface area contributed by atoms with E-state index in [0.717, 1.165) is 24.5 Å². The molecule has 2 amide bonds. The van der Waals surface area contributed by atoms with Gasteiger partial charge in [0.1, 0.15) is 11.6 Å². The molecule has 0 bridgehead atoms. The molecular formula is C19H25N5O. The van der Waals surface area contributed by atoms with Crippen LogP contribution in [-0.2, 0) is 19.5 Å². The molecule has 25 heavy (non-hydrogen) atoms. The van der Waals surface area contributed by atoms with Crippen LogP contribution in [0.3, 0.4) is 0 Å². The van der Waals surface area contributed by atoms with Crippen molar-refractivity contribution in [3.05, 3.63) is 46.5 Å². The van der Waals surface area contributed by atoms with Crippen LogP contribution in [0.1, 0.15) is 60.6 Å². The number of nitrogens with zero attached hydrogens (tertiary/aromatic N) is 4. The highest BCUT2D eigenvalue weighted by Gasteiger charge is 2.28. The standard InChI is InChI=1S/C19H25N5O/c1-12(2)15-5-4-14-6-7-17(16(14)10-15)21-19(25)23-8-9-24-18(11-23)20-13(3)22-24/h4-5,10,12,17H,6-9,11H2,1-3H3,(H,21,25)/t17-/m1/s1. The largest absolute Gasteiger partial charge is 0.331 e. The second kappa shape index (κ2) is 6.17. The van der Waals surface area contributed by atoms with Gasteiger partial charge in [0.15, 0.2) is 0 Å². The Balaban J connectivity index is 1.47. The molecule has 0 saturated heterocycles. The normalized spacial score (nSPS) is 19.0. The lowest BCUT2D eigenvalue weighted by Crippen LogP contribution is -2.45. The Morgan fingerprint density at radius 2 is 2.16 bits per heavy atom. The van der Waals surface area contributed by atoms with Gasteiger partial charge in [-0.25, -0.2) is 14.5 Å². The molecule has 1 atom stereocenters. The maximum absolute atomic E-state index is 12.8. The van der Waals surface area contributed by atoms with Crippen LogP contribution >= 0.6 is 0 Å². The molecule has 2 aliphatic rings. The topological polar surface area (TPSA) is 63.1 Å². The first-order valence-corrected chi connectivity index (χ1v) is 9.09. The number of benzene rings is 1. The zero-order chi connectivity index (χ0) is 17.6. The summed E-state index contributed by atoms with van der Waals surface area (Å²) in [6.07, 6.45) is 2.01. The summed E-state index contributed by atoms with van der Waals surface area (Å²) in [4.78, 5) is 19.0. The molecule has 0 radical (unpaired) electrons. The summed E-state index contributed by atoms with van der Waals surface area (Å²) in [7, 11) is 0. The lowest BCUT2D eigenvalue weighted by atomic mass is 9.97. The second-order valence-corrected chi connectivity index (χ2v) is 7.37. The molecule has 1 aromatic carbocycles. The Hall–Kier alpha value is -2.37. The van der Waals surface area contributed by atoms with Crippen LogP contribution < -0.4 is 5.32 Å². The highest BCUT2D eigenvalue weighted by Crippen LogP contribution is 2.33. The molecule has 4 rings (SSSR count). The van der Waals surface area contributed by atoms with E-state index >= 15 is 0 Å². The van der Waals surface area contributed by atoms with E-state index in [9.17, 15) is 4.79 Å². The summed E-state index contributed by atoms with van der Waals surface area (Å²) in [6.45, 7) is 8.21. The summed E-state index contributed by atoms with van der Waals surface area (Å²) in [5.74, 6) is 2.13. The number of hydrogen-bond donors (Lipinski definition) is 1. The summed E-state index contributed by atoms with van der Waals surface area (Å²) < 4.78 is 1.90. The Morgan fingerprint density at radius 1 is 1.32 bits per heavy atom. The minimum atomic E-state index is -0.000275. The van der Waals surface area contributed by atoms with E-state index in [1.54, 1.807) is 0 Å². The van der Waals surface area contributed by atoms with Gasteiger partial charge in [-0.2, -0.15) is 5.10 Å². The van der Waals surface area contributed by atoms with Gasteiger partial charge in [-0.3, -0.25) is 0 Å². The number of hydrogen-bond acceptors (Lipinski definition) is 3. The molecule has 1 aliphatic heterocycles. The van der Waals surface area contributed by atoms with Crippen LogP contribution in [0, 0.1) is 6.92 Å². The van der Waals surface area contributed by atoms with Gasteiger partial charge in [-0.15, -0.1) is 0 Å². The predicted octanol–water partition coefficient (Wildman–Crippen LogP) is 2.92. The quantitative estimate of drug-likeness (QED) is 0.915. The van der Waals surface area contributed by atoms with Gasteiger partial charge in [0.05, 0.1) is 19.1 Å². The van der Waals surface area contributed by atoms with Crippen LogP contribution in [-0.4, -0.2) is 32.2 Å². The molecule has 0 spiro atoms. The van der Waals surface area contributed by atoms with E-state index in [1.165, 1.54) is 16.7 Å². The third-order valence-corrected chi connectivity index (χ3v) is 5.27. The number of aryl methyl sites for hydroxylation is 2. The molecule has 1 aliphatic carbocycles. The number of carbonyl (C=O) groups excluding carboxylic acids is 1. The van der Waals surface area contributed by atoms with Gasteiger partial charge < -0.3 is 10.2 Å². The molecule has 0 saturated carbocycles. The molecule has 1 N–H and O–H groups in total. The third kappa shape index (κ3) is 3.01. The summed E-state index contributed by atoms with van der Waals surface area (Å²) >= 11 is 0. The monoisotopic (exact) mass is 339 g/mol. The average Bonchev–Trinajstić information content (AvgIpc) is 3.16. The van der Waals surface area contributed by atoms with Crippen molar-refractivity contribution in [2.24, 2.45) is 0 Å². The molecular weight excluding hydrogens is 314 g/mol. The number of aromatic nitrogens is 3. The van der Waals surface area contributed by atoms with Crippen molar-refractivity contribution in [2.45, 2.75) is 58.7 Å². The average molecular weight is 339 g/mol. The molecule has 2 heterocycles. The zero-order valence-corrected chi connectivity index (χ0v) is 15.1. The minimum Gasteiger partial charge on any atom is -0.331 e. The van der Waals surface area contributed by atoms with E-state index in [-0.39, 0.29) is 12.1 Å². The van der Waals surface area contributed by atoms with E-state index in [4.69, 9.17) is 0 Å². The smallest absolute Gasteiger partial charge is 0.318 e. The van der Waals surface area contributed by atoms with Gasteiger partial charge in [-0.05, 0) is 42.4 Å². The van der Waals surface area contributed by atoms with Crippen molar-refractivity contribution in [3.8, 4) is 0 Å². The molecule has 1 aromatic heterocycles. The van der Waals surface area contributed by atoms with Gasteiger partial charge in [0.25, 0.3) is 0 Å². The van der Waals surface area contributed by atoms with Crippen molar-refractivity contribution in [3.63, 3.8) is 0 Å². The summed E-state index contributed by atoms with van der Waals surface area (Å²) in [6, 6.07) is 6.83. The van der Waals surface area contributed by atoms with Gasteiger partial charge in [0, 0.05) is 6.54 Å². The van der Waals surface area contributed by atoms with Crippen molar-refractivity contribution in [1.29, 1.82) is 0 Å². The van der Waals surface area contributed by atoms with Crippen LogP contribution in [0.25, 0.3) is 0 Å². The van der Waals surface area contributed by atoms with E-state index in [0.29, 0.717) is 25.6 Å². The maximum Gasteiger partial charge on any atom is 0.318 e. The van der Waals surface area contributed by atoms with Gasteiger partial charge >= 0.3 is 6.03 Å². The first-order chi connectivity index (χ1) is 12.0. The summed E-state index contributed by atoms with van der Waals surface area (Å²) in [5, 5.41) is 7.59. The van der Waals surface area contributed by atoms with Crippen LogP contribution in [0.4, 0.5) is 4.79 Å². The van der Waals surface area contributed by atoms with Gasteiger partial charge in [-0.1, -0.05) is 32.0 Å². The fraction of sp³-hybridized carbons (Fsp3) is 0.526. The number of fused-ring (bicyclic) bond motifs is 2. The second-order valence-electron chi connectivity index (χ2n) is 7.37. The van der Waals surface area contributed by atoms with E-state index in [1.807, 2.05) is 16.5 Å². The Kier molecular flexibility index (Phi) is 3.98. The lowest BCUT2D eigenvalue weighted by molar-refractivity contribution is 0.176. The molecule has 6 nitrogen and oxygen atoms in total.